The Morgan fingerprint density at radius 2 is 2.00 bits per heavy atom. The molecule has 29 heavy (non-hydrogen) atoms. The number of methoxy groups -OCH3 is 1. The van der Waals surface area contributed by atoms with Crippen molar-refractivity contribution in [3.63, 3.8) is 0 Å². The number of carbonyl (C=O) groups is 3. The molecule has 0 bridgehead atoms. The number of amides is 1. The number of carbonyl (C=O) groups excluding carboxylic acids is 3. The zero-order chi connectivity index (χ0) is 21.3. The van der Waals surface area contributed by atoms with E-state index in [1.807, 2.05) is 0 Å². The minimum absolute atomic E-state index is 0.143. The summed E-state index contributed by atoms with van der Waals surface area (Å²) in [5.41, 5.74) is 1.41. The van der Waals surface area contributed by atoms with Crippen LogP contribution in [0.3, 0.4) is 0 Å². The maximum atomic E-state index is 12.9. The van der Waals surface area contributed by atoms with Gasteiger partial charge in [-0.2, -0.15) is 0 Å². The lowest BCUT2D eigenvalue weighted by atomic mass is 9.94. The second kappa shape index (κ2) is 8.28. The van der Waals surface area contributed by atoms with E-state index in [0.717, 1.165) is 0 Å². The first-order chi connectivity index (χ1) is 13.8. The highest BCUT2D eigenvalue weighted by atomic mass is 32.2. The van der Waals surface area contributed by atoms with Crippen molar-refractivity contribution in [2.24, 2.45) is 4.99 Å². The lowest BCUT2D eigenvalue weighted by Crippen LogP contribution is -2.40. The SMILES string of the molecule is CCOC(=O)C1=C(C)N=C2S[C@@H](C)C(=O)N2[C@H]1c1ccc(OC(C)=O)c(OC)c1. The Labute approximate surface area is 172 Å². The Balaban J connectivity index is 2.14. The van der Waals surface area contributed by atoms with Crippen LogP contribution in [-0.4, -0.2) is 46.9 Å². The normalized spacial score (nSPS) is 20.9. The van der Waals surface area contributed by atoms with E-state index in [2.05, 4.69) is 4.99 Å². The zero-order valence-electron chi connectivity index (χ0n) is 16.8. The molecule has 1 saturated heterocycles. The van der Waals surface area contributed by atoms with Crippen molar-refractivity contribution < 1.29 is 28.6 Å². The van der Waals surface area contributed by atoms with E-state index in [4.69, 9.17) is 14.2 Å². The third-order valence-corrected chi connectivity index (χ3v) is 5.56. The molecule has 2 aliphatic heterocycles. The Kier molecular flexibility index (Phi) is 5.97. The first-order valence-corrected chi connectivity index (χ1v) is 9.99. The van der Waals surface area contributed by atoms with Crippen LogP contribution < -0.4 is 9.47 Å². The Morgan fingerprint density at radius 3 is 2.62 bits per heavy atom. The van der Waals surface area contributed by atoms with E-state index in [0.29, 0.717) is 27.8 Å². The van der Waals surface area contributed by atoms with Crippen LogP contribution in [0.1, 0.15) is 39.3 Å². The van der Waals surface area contributed by atoms with Gasteiger partial charge in [0.25, 0.3) is 0 Å². The molecule has 9 heteroatoms. The summed E-state index contributed by atoms with van der Waals surface area (Å²) >= 11 is 1.35. The summed E-state index contributed by atoms with van der Waals surface area (Å²) in [6.07, 6.45) is 0. The molecule has 154 valence electrons. The zero-order valence-corrected chi connectivity index (χ0v) is 17.7. The van der Waals surface area contributed by atoms with Gasteiger partial charge in [0.2, 0.25) is 5.91 Å². The van der Waals surface area contributed by atoms with Crippen LogP contribution in [0.5, 0.6) is 11.5 Å². The summed E-state index contributed by atoms with van der Waals surface area (Å²) in [4.78, 5) is 42.9. The minimum atomic E-state index is -0.716. The molecule has 1 amide bonds. The standard InChI is InChI=1S/C20H22N2O6S/c1-6-27-19(25)16-10(2)21-20-22(18(24)11(3)29-20)17(16)13-7-8-14(28-12(4)23)15(9-13)26-5/h7-9,11,17H,6H2,1-5H3/t11-,17-/m0/s1. The molecule has 0 aliphatic carbocycles. The molecule has 0 spiro atoms. The number of thioether (sulfide) groups is 1. The fourth-order valence-electron chi connectivity index (χ4n) is 3.28. The van der Waals surface area contributed by atoms with Gasteiger partial charge in [-0.3, -0.25) is 14.5 Å². The summed E-state index contributed by atoms with van der Waals surface area (Å²) in [7, 11) is 1.45. The molecule has 1 aromatic carbocycles. The molecular weight excluding hydrogens is 396 g/mol. The third-order valence-electron chi connectivity index (χ3n) is 4.51. The van der Waals surface area contributed by atoms with Crippen LogP contribution >= 0.6 is 11.8 Å². The van der Waals surface area contributed by atoms with Gasteiger partial charge >= 0.3 is 11.9 Å². The van der Waals surface area contributed by atoms with Crippen molar-refractivity contribution in [3.8, 4) is 11.5 Å². The van der Waals surface area contributed by atoms with Crippen LogP contribution in [-0.2, 0) is 19.1 Å². The van der Waals surface area contributed by atoms with Gasteiger partial charge < -0.3 is 14.2 Å². The van der Waals surface area contributed by atoms with Gasteiger partial charge in [0.05, 0.1) is 36.3 Å². The minimum Gasteiger partial charge on any atom is -0.493 e. The number of ether oxygens (including phenoxy) is 3. The number of rotatable bonds is 5. The Morgan fingerprint density at radius 1 is 1.28 bits per heavy atom. The van der Waals surface area contributed by atoms with Gasteiger partial charge in [-0.15, -0.1) is 0 Å². The molecule has 0 unspecified atom stereocenters. The van der Waals surface area contributed by atoms with Gasteiger partial charge in [0.1, 0.15) is 0 Å². The number of nitrogens with zero attached hydrogens (tertiary/aromatic N) is 2. The van der Waals surface area contributed by atoms with E-state index in [-0.39, 0.29) is 23.5 Å². The number of hydrogen-bond donors (Lipinski definition) is 0. The first kappa shape index (κ1) is 20.9. The maximum Gasteiger partial charge on any atom is 0.338 e. The van der Waals surface area contributed by atoms with Crippen molar-refractivity contribution in [2.75, 3.05) is 13.7 Å². The summed E-state index contributed by atoms with van der Waals surface area (Å²) in [5.74, 6) is -0.586. The molecule has 0 radical (unpaired) electrons. The van der Waals surface area contributed by atoms with Crippen LogP contribution in [0, 0.1) is 0 Å². The number of allylic oxidation sites excluding steroid dienone is 1. The molecule has 1 fully saturated rings. The highest BCUT2D eigenvalue weighted by molar-refractivity contribution is 8.15. The summed E-state index contributed by atoms with van der Waals surface area (Å²) in [6.45, 7) is 6.74. The monoisotopic (exact) mass is 418 g/mol. The van der Waals surface area contributed by atoms with Crippen LogP contribution in [0.15, 0.2) is 34.5 Å². The Hall–Kier alpha value is -2.81. The third kappa shape index (κ3) is 3.87. The van der Waals surface area contributed by atoms with E-state index in [9.17, 15) is 14.4 Å². The molecule has 8 nitrogen and oxygen atoms in total. The predicted molar refractivity (Wildman–Crippen MR) is 108 cm³/mol. The summed E-state index contributed by atoms with van der Waals surface area (Å²) in [6, 6.07) is 4.21. The van der Waals surface area contributed by atoms with Crippen LogP contribution in [0.4, 0.5) is 0 Å². The highest BCUT2D eigenvalue weighted by Crippen LogP contribution is 2.44. The topological polar surface area (TPSA) is 94.5 Å². The van der Waals surface area contributed by atoms with Gasteiger partial charge in [0.15, 0.2) is 16.7 Å². The van der Waals surface area contributed by atoms with Crippen molar-refractivity contribution in [1.82, 2.24) is 4.90 Å². The smallest absolute Gasteiger partial charge is 0.338 e. The fraction of sp³-hybridized carbons (Fsp3) is 0.400. The number of aliphatic imine (C=N–C) groups is 1. The summed E-state index contributed by atoms with van der Waals surface area (Å²) < 4.78 is 15.8. The molecule has 3 rings (SSSR count). The Bertz CT molecular complexity index is 939. The van der Waals surface area contributed by atoms with Gasteiger partial charge in [-0.05, 0) is 38.5 Å². The lowest BCUT2D eigenvalue weighted by molar-refractivity contribution is -0.139. The molecule has 2 atom stereocenters. The molecule has 0 N–H and O–H groups in total. The molecule has 0 saturated carbocycles. The fourth-order valence-corrected chi connectivity index (χ4v) is 4.31. The van der Waals surface area contributed by atoms with E-state index in [1.54, 1.807) is 39.0 Å². The van der Waals surface area contributed by atoms with E-state index in [1.165, 1.54) is 30.7 Å². The second-order valence-electron chi connectivity index (χ2n) is 6.49. The van der Waals surface area contributed by atoms with Crippen molar-refractivity contribution in [1.29, 1.82) is 0 Å². The second-order valence-corrected chi connectivity index (χ2v) is 7.80. The molecule has 2 aliphatic rings. The number of benzene rings is 1. The van der Waals surface area contributed by atoms with Gasteiger partial charge in [-0.25, -0.2) is 9.79 Å². The lowest BCUT2D eigenvalue weighted by Gasteiger charge is -2.33. The average Bonchev–Trinajstić information content (AvgIpc) is 2.94. The van der Waals surface area contributed by atoms with Crippen molar-refractivity contribution in [2.45, 2.75) is 39.0 Å². The number of fused-ring (bicyclic) bond motifs is 1. The van der Waals surface area contributed by atoms with Crippen LogP contribution in [0.25, 0.3) is 0 Å². The van der Waals surface area contributed by atoms with Crippen molar-refractivity contribution >= 4 is 34.8 Å². The number of hydrogen-bond acceptors (Lipinski definition) is 8. The molecular formula is C20H22N2O6S. The summed E-state index contributed by atoms with van der Waals surface area (Å²) in [5, 5.41) is 0.230. The van der Waals surface area contributed by atoms with Crippen molar-refractivity contribution in [3.05, 3.63) is 35.0 Å². The number of amidine groups is 1. The van der Waals surface area contributed by atoms with E-state index >= 15 is 0 Å². The molecule has 1 aromatic rings. The number of esters is 2. The van der Waals surface area contributed by atoms with Crippen LogP contribution in [0.2, 0.25) is 0 Å². The average molecular weight is 418 g/mol. The van der Waals surface area contributed by atoms with Gasteiger partial charge in [-0.1, -0.05) is 17.8 Å². The first-order valence-electron chi connectivity index (χ1n) is 9.11. The maximum absolute atomic E-state index is 12.9. The highest BCUT2D eigenvalue weighted by Gasteiger charge is 2.46. The van der Waals surface area contributed by atoms with Gasteiger partial charge in [0, 0.05) is 6.92 Å². The molecule has 0 aromatic heterocycles. The largest absolute Gasteiger partial charge is 0.493 e. The predicted octanol–water partition coefficient (Wildman–Crippen LogP) is 2.83. The van der Waals surface area contributed by atoms with E-state index < -0.39 is 18.0 Å². The molecule has 2 heterocycles. The quantitative estimate of drug-likeness (QED) is 0.536.